The topological polar surface area (TPSA) is 49.7 Å². The quantitative estimate of drug-likeness (QED) is 0.554. The maximum absolute atomic E-state index is 10.6. The molecule has 3 nitrogen and oxygen atoms in total. The normalized spacial score (nSPS) is 12.7. The Labute approximate surface area is 176 Å². The standard InChI is InChI=1S/C26H38O3/c1-15(2)17-11-21(27)19(25(5,6)7)13-23(17)29-24-14-20(26(8,9)10)22(28)12-18(24)16(3)4/h11-16,27-28H,1-10H3. The van der Waals surface area contributed by atoms with Gasteiger partial charge in [0.1, 0.15) is 23.0 Å². The second-order valence-electron chi connectivity index (χ2n) is 10.7. The van der Waals surface area contributed by atoms with Crippen molar-refractivity contribution in [2.75, 3.05) is 0 Å². The molecule has 0 radical (unpaired) electrons. The number of hydrogen-bond donors (Lipinski definition) is 2. The van der Waals surface area contributed by atoms with Crippen LogP contribution < -0.4 is 4.74 Å². The van der Waals surface area contributed by atoms with E-state index < -0.39 is 0 Å². The molecule has 0 saturated heterocycles. The molecule has 0 saturated carbocycles. The van der Waals surface area contributed by atoms with Crippen LogP contribution in [-0.2, 0) is 10.8 Å². The van der Waals surface area contributed by atoms with Gasteiger partial charge >= 0.3 is 0 Å². The third kappa shape index (κ3) is 5.07. The Morgan fingerprint density at radius 2 is 0.931 bits per heavy atom. The first-order valence-corrected chi connectivity index (χ1v) is 10.6. The zero-order valence-corrected chi connectivity index (χ0v) is 19.8. The number of phenolic OH excluding ortho intramolecular Hbond substituents is 2. The summed E-state index contributed by atoms with van der Waals surface area (Å²) in [5.41, 5.74) is 3.25. The van der Waals surface area contributed by atoms with Crippen molar-refractivity contribution in [1.82, 2.24) is 0 Å². The highest BCUT2D eigenvalue weighted by Crippen LogP contribution is 2.44. The molecule has 2 aromatic rings. The molecule has 0 fully saturated rings. The van der Waals surface area contributed by atoms with E-state index >= 15 is 0 Å². The van der Waals surface area contributed by atoms with Crippen LogP contribution in [-0.4, -0.2) is 10.2 Å². The van der Waals surface area contributed by atoms with E-state index in [1.807, 2.05) is 24.3 Å². The lowest BCUT2D eigenvalue weighted by atomic mass is 9.84. The lowest BCUT2D eigenvalue weighted by Crippen LogP contribution is -2.13. The molecular formula is C26H38O3. The summed E-state index contributed by atoms with van der Waals surface area (Å²) in [7, 11) is 0. The van der Waals surface area contributed by atoms with E-state index in [2.05, 4.69) is 69.2 Å². The first-order chi connectivity index (χ1) is 13.1. The number of aromatic hydroxyl groups is 2. The molecule has 0 aliphatic heterocycles. The first kappa shape index (κ1) is 23.1. The minimum Gasteiger partial charge on any atom is -0.508 e. The van der Waals surface area contributed by atoms with E-state index in [-0.39, 0.29) is 22.7 Å². The van der Waals surface area contributed by atoms with Crippen molar-refractivity contribution in [3.05, 3.63) is 46.5 Å². The Morgan fingerprint density at radius 3 is 1.17 bits per heavy atom. The van der Waals surface area contributed by atoms with E-state index in [1.54, 1.807) is 0 Å². The molecule has 0 aliphatic rings. The van der Waals surface area contributed by atoms with Crippen LogP contribution in [0.15, 0.2) is 24.3 Å². The largest absolute Gasteiger partial charge is 0.508 e. The van der Waals surface area contributed by atoms with E-state index in [1.165, 1.54) is 0 Å². The molecule has 3 heteroatoms. The van der Waals surface area contributed by atoms with E-state index in [0.29, 0.717) is 11.5 Å². The van der Waals surface area contributed by atoms with E-state index in [4.69, 9.17) is 4.74 Å². The van der Waals surface area contributed by atoms with Crippen LogP contribution in [0.3, 0.4) is 0 Å². The maximum atomic E-state index is 10.6. The summed E-state index contributed by atoms with van der Waals surface area (Å²) in [5, 5.41) is 21.2. The van der Waals surface area contributed by atoms with Crippen molar-refractivity contribution in [1.29, 1.82) is 0 Å². The summed E-state index contributed by atoms with van der Waals surface area (Å²) in [4.78, 5) is 0. The van der Waals surface area contributed by atoms with Gasteiger partial charge in [-0.25, -0.2) is 0 Å². The molecule has 0 heterocycles. The van der Waals surface area contributed by atoms with Gasteiger partial charge in [-0.2, -0.15) is 0 Å². The third-order valence-corrected chi connectivity index (χ3v) is 5.34. The average Bonchev–Trinajstić information content (AvgIpc) is 2.54. The molecule has 2 N–H and O–H groups in total. The van der Waals surface area contributed by atoms with Crippen LogP contribution in [0.2, 0.25) is 0 Å². The summed E-state index contributed by atoms with van der Waals surface area (Å²) in [6, 6.07) is 7.61. The van der Waals surface area contributed by atoms with E-state index in [9.17, 15) is 10.2 Å². The Kier molecular flexibility index (Phi) is 6.32. The molecular weight excluding hydrogens is 360 g/mol. The fourth-order valence-corrected chi connectivity index (χ4v) is 3.57. The maximum Gasteiger partial charge on any atom is 0.131 e. The van der Waals surface area contributed by atoms with Crippen molar-refractivity contribution < 1.29 is 14.9 Å². The lowest BCUT2D eigenvalue weighted by Gasteiger charge is -2.26. The number of ether oxygens (including phenoxy) is 1. The molecule has 0 amide bonds. The number of phenols is 2. The molecule has 0 spiro atoms. The molecule has 0 unspecified atom stereocenters. The lowest BCUT2D eigenvalue weighted by molar-refractivity contribution is 0.423. The van der Waals surface area contributed by atoms with Gasteiger partial charge in [0.05, 0.1) is 0 Å². The van der Waals surface area contributed by atoms with Gasteiger partial charge in [0, 0.05) is 22.3 Å². The summed E-state index contributed by atoms with van der Waals surface area (Å²) < 4.78 is 6.52. The fraction of sp³-hybridized carbons (Fsp3) is 0.538. The minimum absolute atomic E-state index is 0.201. The number of benzene rings is 2. The van der Waals surface area contributed by atoms with Gasteiger partial charge < -0.3 is 14.9 Å². The fourth-order valence-electron chi connectivity index (χ4n) is 3.57. The second-order valence-corrected chi connectivity index (χ2v) is 10.7. The Bertz CT molecular complexity index is 805. The zero-order chi connectivity index (χ0) is 22.3. The molecule has 0 aliphatic carbocycles. The zero-order valence-electron chi connectivity index (χ0n) is 19.8. The molecule has 2 aromatic carbocycles. The van der Waals surface area contributed by atoms with Crippen LogP contribution >= 0.6 is 0 Å². The Morgan fingerprint density at radius 1 is 0.621 bits per heavy atom. The monoisotopic (exact) mass is 398 g/mol. The second kappa shape index (κ2) is 7.93. The molecule has 0 aromatic heterocycles. The van der Waals surface area contributed by atoms with Gasteiger partial charge in [-0.1, -0.05) is 69.2 Å². The average molecular weight is 399 g/mol. The van der Waals surface area contributed by atoms with Crippen LogP contribution in [0.4, 0.5) is 0 Å². The van der Waals surface area contributed by atoms with Gasteiger partial charge in [0.15, 0.2) is 0 Å². The first-order valence-electron chi connectivity index (χ1n) is 10.6. The van der Waals surface area contributed by atoms with E-state index in [0.717, 1.165) is 33.8 Å². The highest BCUT2D eigenvalue weighted by Gasteiger charge is 2.25. The summed E-state index contributed by atoms with van der Waals surface area (Å²) in [6.07, 6.45) is 0. The smallest absolute Gasteiger partial charge is 0.131 e. The van der Waals surface area contributed by atoms with Gasteiger partial charge in [-0.15, -0.1) is 0 Å². The highest BCUT2D eigenvalue weighted by molar-refractivity contribution is 5.54. The van der Waals surface area contributed by atoms with Gasteiger partial charge in [-0.05, 0) is 46.9 Å². The molecule has 0 atom stereocenters. The Hall–Kier alpha value is -2.16. The third-order valence-electron chi connectivity index (χ3n) is 5.34. The summed E-state index contributed by atoms with van der Waals surface area (Å²) in [6.45, 7) is 20.9. The van der Waals surface area contributed by atoms with Crippen LogP contribution in [0.5, 0.6) is 23.0 Å². The predicted octanol–water partition coefficient (Wildman–Crippen LogP) is 7.73. The van der Waals surface area contributed by atoms with Gasteiger partial charge in [-0.3, -0.25) is 0 Å². The van der Waals surface area contributed by atoms with Crippen molar-refractivity contribution in [3.8, 4) is 23.0 Å². The molecule has 2 rings (SSSR count). The van der Waals surface area contributed by atoms with Crippen molar-refractivity contribution in [2.45, 2.75) is 91.9 Å². The molecule has 160 valence electrons. The molecule has 29 heavy (non-hydrogen) atoms. The summed E-state index contributed by atoms with van der Waals surface area (Å²) >= 11 is 0. The number of rotatable bonds is 4. The van der Waals surface area contributed by atoms with Crippen molar-refractivity contribution >= 4 is 0 Å². The van der Waals surface area contributed by atoms with Gasteiger partial charge in [0.25, 0.3) is 0 Å². The van der Waals surface area contributed by atoms with Crippen molar-refractivity contribution in [3.63, 3.8) is 0 Å². The summed E-state index contributed by atoms with van der Waals surface area (Å²) in [5.74, 6) is 2.53. The Balaban J connectivity index is 2.72. The minimum atomic E-state index is -0.204. The van der Waals surface area contributed by atoms with Crippen LogP contribution in [0.25, 0.3) is 0 Å². The SMILES string of the molecule is CC(C)c1cc(O)c(C(C)(C)C)cc1Oc1cc(C(C)(C)C)c(O)cc1C(C)C. The number of hydrogen-bond acceptors (Lipinski definition) is 3. The predicted molar refractivity (Wildman–Crippen MR) is 122 cm³/mol. The van der Waals surface area contributed by atoms with Crippen LogP contribution in [0.1, 0.15) is 103 Å². The highest BCUT2D eigenvalue weighted by atomic mass is 16.5. The van der Waals surface area contributed by atoms with Crippen molar-refractivity contribution in [2.24, 2.45) is 0 Å². The van der Waals surface area contributed by atoms with Crippen LogP contribution in [0, 0.1) is 0 Å². The molecule has 0 bridgehead atoms. The van der Waals surface area contributed by atoms with Gasteiger partial charge in [0.2, 0.25) is 0 Å².